The molecular formula is C11H24N2O. The van der Waals surface area contributed by atoms with E-state index in [0.717, 1.165) is 25.6 Å². The SMILES string of the molecule is CN(C)CC(O)CNCCCC1CC1. The largest absolute Gasteiger partial charge is 0.390 e. The van der Waals surface area contributed by atoms with Gasteiger partial charge in [-0.3, -0.25) is 0 Å². The predicted molar refractivity (Wildman–Crippen MR) is 59.4 cm³/mol. The summed E-state index contributed by atoms with van der Waals surface area (Å²) >= 11 is 0. The summed E-state index contributed by atoms with van der Waals surface area (Å²) in [6, 6.07) is 0. The quantitative estimate of drug-likeness (QED) is 0.566. The van der Waals surface area contributed by atoms with E-state index >= 15 is 0 Å². The van der Waals surface area contributed by atoms with Crippen LogP contribution in [0.5, 0.6) is 0 Å². The van der Waals surface area contributed by atoms with Gasteiger partial charge >= 0.3 is 0 Å². The molecule has 1 unspecified atom stereocenters. The van der Waals surface area contributed by atoms with Crippen LogP contribution in [0.25, 0.3) is 0 Å². The third-order valence-corrected chi connectivity index (χ3v) is 2.62. The van der Waals surface area contributed by atoms with Crippen molar-refractivity contribution in [2.45, 2.75) is 31.8 Å². The lowest BCUT2D eigenvalue weighted by atomic mass is 10.2. The van der Waals surface area contributed by atoms with E-state index in [1.807, 2.05) is 19.0 Å². The second kappa shape index (κ2) is 6.38. The van der Waals surface area contributed by atoms with Gasteiger partial charge in [0.25, 0.3) is 0 Å². The van der Waals surface area contributed by atoms with Crippen LogP contribution in [0.2, 0.25) is 0 Å². The molecule has 3 heteroatoms. The smallest absolute Gasteiger partial charge is 0.0791 e. The molecule has 2 N–H and O–H groups in total. The average Bonchev–Trinajstić information content (AvgIpc) is 2.86. The maximum absolute atomic E-state index is 9.54. The van der Waals surface area contributed by atoms with E-state index in [1.165, 1.54) is 25.7 Å². The fourth-order valence-corrected chi connectivity index (χ4v) is 1.68. The van der Waals surface area contributed by atoms with Crippen LogP contribution in [0.3, 0.4) is 0 Å². The van der Waals surface area contributed by atoms with Crippen molar-refractivity contribution in [1.29, 1.82) is 0 Å². The first kappa shape index (κ1) is 12.0. The summed E-state index contributed by atoms with van der Waals surface area (Å²) in [7, 11) is 3.96. The van der Waals surface area contributed by atoms with Crippen molar-refractivity contribution in [3.63, 3.8) is 0 Å². The van der Waals surface area contributed by atoms with E-state index < -0.39 is 0 Å². The van der Waals surface area contributed by atoms with Gasteiger partial charge in [-0.15, -0.1) is 0 Å². The van der Waals surface area contributed by atoms with Gasteiger partial charge in [-0.05, 0) is 39.4 Å². The Morgan fingerprint density at radius 1 is 1.43 bits per heavy atom. The zero-order valence-electron chi connectivity index (χ0n) is 9.50. The maximum Gasteiger partial charge on any atom is 0.0791 e. The molecular weight excluding hydrogens is 176 g/mol. The van der Waals surface area contributed by atoms with Crippen LogP contribution in [0, 0.1) is 5.92 Å². The molecule has 0 aromatic rings. The zero-order valence-corrected chi connectivity index (χ0v) is 9.50. The summed E-state index contributed by atoms with van der Waals surface area (Å²) in [5, 5.41) is 12.8. The summed E-state index contributed by atoms with van der Waals surface area (Å²) in [6.07, 6.45) is 5.30. The van der Waals surface area contributed by atoms with Crippen LogP contribution in [0.4, 0.5) is 0 Å². The van der Waals surface area contributed by atoms with E-state index in [4.69, 9.17) is 0 Å². The van der Waals surface area contributed by atoms with Gasteiger partial charge in [0.1, 0.15) is 0 Å². The Hall–Kier alpha value is -0.120. The van der Waals surface area contributed by atoms with Crippen molar-refractivity contribution >= 4 is 0 Å². The first-order valence-electron chi connectivity index (χ1n) is 5.72. The standard InChI is InChI=1S/C11H24N2O/c1-13(2)9-11(14)8-12-7-3-4-10-5-6-10/h10-12,14H,3-9H2,1-2H3. The van der Waals surface area contributed by atoms with Gasteiger partial charge in [0.15, 0.2) is 0 Å². The summed E-state index contributed by atoms with van der Waals surface area (Å²) in [5.41, 5.74) is 0. The number of aliphatic hydroxyl groups excluding tert-OH is 1. The minimum Gasteiger partial charge on any atom is -0.390 e. The molecule has 0 heterocycles. The number of hydrogen-bond donors (Lipinski definition) is 2. The molecule has 1 aliphatic carbocycles. The minimum atomic E-state index is -0.231. The molecule has 14 heavy (non-hydrogen) atoms. The Morgan fingerprint density at radius 2 is 2.14 bits per heavy atom. The molecule has 1 fully saturated rings. The fraction of sp³-hybridized carbons (Fsp3) is 1.00. The Bertz CT molecular complexity index is 146. The lowest BCUT2D eigenvalue weighted by molar-refractivity contribution is 0.135. The van der Waals surface area contributed by atoms with Gasteiger partial charge in [0.05, 0.1) is 6.10 Å². The fourth-order valence-electron chi connectivity index (χ4n) is 1.68. The molecule has 84 valence electrons. The lowest BCUT2D eigenvalue weighted by Gasteiger charge is -2.16. The molecule has 0 aromatic carbocycles. The van der Waals surface area contributed by atoms with Crippen molar-refractivity contribution in [1.82, 2.24) is 10.2 Å². The van der Waals surface area contributed by atoms with Crippen LogP contribution < -0.4 is 5.32 Å². The van der Waals surface area contributed by atoms with E-state index in [9.17, 15) is 5.11 Å². The van der Waals surface area contributed by atoms with E-state index in [-0.39, 0.29) is 6.10 Å². The van der Waals surface area contributed by atoms with Crippen LogP contribution in [0.1, 0.15) is 25.7 Å². The van der Waals surface area contributed by atoms with E-state index in [1.54, 1.807) is 0 Å². The van der Waals surface area contributed by atoms with E-state index in [2.05, 4.69) is 5.32 Å². The van der Waals surface area contributed by atoms with Crippen molar-refractivity contribution in [2.24, 2.45) is 5.92 Å². The molecule has 1 saturated carbocycles. The molecule has 1 aliphatic rings. The third kappa shape index (κ3) is 6.35. The van der Waals surface area contributed by atoms with Crippen molar-refractivity contribution < 1.29 is 5.11 Å². The highest BCUT2D eigenvalue weighted by atomic mass is 16.3. The number of rotatable bonds is 8. The van der Waals surface area contributed by atoms with E-state index in [0.29, 0.717) is 0 Å². The van der Waals surface area contributed by atoms with Crippen LogP contribution in [-0.2, 0) is 0 Å². The van der Waals surface area contributed by atoms with Gasteiger partial charge < -0.3 is 15.3 Å². The van der Waals surface area contributed by atoms with Crippen molar-refractivity contribution in [3.8, 4) is 0 Å². The van der Waals surface area contributed by atoms with Crippen molar-refractivity contribution in [2.75, 3.05) is 33.7 Å². The summed E-state index contributed by atoms with van der Waals surface area (Å²) in [5.74, 6) is 1.03. The second-order valence-electron chi connectivity index (χ2n) is 4.71. The van der Waals surface area contributed by atoms with Crippen LogP contribution in [-0.4, -0.2) is 49.8 Å². The first-order chi connectivity index (χ1) is 6.68. The zero-order chi connectivity index (χ0) is 10.4. The number of nitrogens with zero attached hydrogens (tertiary/aromatic N) is 1. The monoisotopic (exact) mass is 200 g/mol. The normalized spacial score (nSPS) is 18.9. The van der Waals surface area contributed by atoms with Crippen LogP contribution >= 0.6 is 0 Å². The minimum absolute atomic E-state index is 0.231. The number of hydrogen-bond acceptors (Lipinski definition) is 3. The van der Waals surface area contributed by atoms with Gasteiger partial charge in [-0.25, -0.2) is 0 Å². The molecule has 0 spiro atoms. The Labute approximate surface area is 87.5 Å². The number of nitrogens with one attached hydrogen (secondary N) is 1. The molecule has 0 radical (unpaired) electrons. The topological polar surface area (TPSA) is 35.5 Å². The molecule has 0 amide bonds. The van der Waals surface area contributed by atoms with Gasteiger partial charge in [-0.1, -0.05) is 12.8 Å². The average molecular weight is 200 g/mol. The first-order valence-corrected chi connectivity index (χ1v) is 5.72. The molecule has 0 saturated heterocycles. The maximum atomic E-state index is 9.54. The Balaban J connectivity index is 1.81. The summed E-state index contributed by atoms with van der Waals surface area (Å²) in [6.45, 7) is 2.53. The van der Waals surface area contributed by atoms with Crippen LogP contribution in [0.15, 0.2) is 0 Å². The van der Waals surface area contributed by atoms with Gasteiger partial charge in [-0.2, -0.15) is 0 Å². The lowest BCUT2D eigenvalue weighted by Crippen LogP contribution is -2.35. The summed E-state index contributed by atoms with van der Waals surface area (Å²) in [4.78, 5) is 2.01. The summed E-state index contributed by atoms with van der Waals surface area (Å²) < 4.78 is 0. The molecule has 0 aliphatic heterocycles. The predicted octanol–water partition coefficient (Wildman–Crippen LogP) is 0.689. The Morgan fingerprint density at radius 3 is 2.71 bits per heavy atom. The van der Waals surface area contributed by atoms with Crippen molar-refractivity contribution in [3.05, 3.63) is 0 Å². The third-order valence-electron chi connectivity index (χ3n) is 2.62. The highest BCUT2D eigenvalue weighted by molar-refractivity contribution is 4.73. The molecule has 0 aromatic heterocycles. The number of aliphatic hydroxyl groups is 1. The van der Waals surface area contributed by atoms with Gasteiger partial charge in [0.2, 0.25) is 0 Å². The molecule has 3 nitrogen and oxygen atoms in total. The molecule has 1 rings (SSSR count). The van der Waals surface area contributed by atoms with Gasteiger partial charge in [0, 0.05) is 13.1 Å². The highest BCUT2D eigenvalue weighted by Crippen LogP contribution is 2.33. The second-order valence-corrected chi connectivity index (χ2v) is 4.71. The Kier molecular flexibility index (Phi) is 5.45. The molecule has 0 bridgehead atoms. The highest BCUT2D eigenvalue weighted by Gasteiger charge is 2.19. The molecule has 1 atom stereocenters. The number of likely N-dealkylation sites (N-methyl/N-ethyl adjacent to an activating group) is 1.